The molecule has 0 saturated carbocycles. The molecule has 0 aliphatic heterocycles. The Morgan fingerprint density at radius 2 is 1.92 bits per heavy atom. The summed E-state index contributed by atoms with van der Waals surface area (Å²) in [5.74, 6) is 1.56. The van der Waals surface area contributed by atoms with E-state index < -0.39 is 0 Å². The number of hydrogen-bond acceptors (Lipinski definition) is 0. The maximum absolute atomic E-state index is 3.94. The molecule has 2 atom stereocenters. The van der Waals surface area contributed by atoms with Crippen molar-refractivity contribution >= 4 is 0 Å². The summed E-state index contributed by atoms with van der Waals surface area (Å²) in [6.45, 7) is 14.4. The Hall–Kier alpha value is -0.520. The molecule has 0 aliphatic rings. The lowest BCUT2D eigenvalue weighted by Gasteiger charge is -2.19. The maximum atomic E-state index is 3.94. The van der Waals surface area contributed by atoms with Crippen molar-refractivity contribution in [1.82, 2.24) is 0 Å². The maximum Gasteiger partial charge on any atom is -0.0297 e. The first kappa shape index (κ1) is 11.5. The van der Waals surface area contributed by atoms with Gasteiger partial charge in [0, 0.05) is 0 Å². The topological polar surface area (TPSA) is 0 Å². The summed E-state index contributed by atoms with van der Waals surface area (Å²) in [6, 6.07) is 0. The third-order valence-electron chi connectivity index (χ3n) is 2.47. The number of allylic oxidation sites excluding steroid dienone is 2. The second-order valence-electron chi connectivity index (χ2n) is 3.98. The van der Waals surface area contributed by atoms with Gasteiger partial charge < -0.3 is 0 Å². The Morgan fingerprint density at radius 1 is 1.33 bits per heavy atom. The van der Waals surface area contributed by atoms with Gasteiger partial charge in [-0.1, -0.05) is 25.5 Å². The molecule has 0 aromatic carbocycles. The van der Waals surface area contributed by atoms with Crippen molar-refractivity contribution in [3.05, 3.63) is 24.8 Å². The largest absolute Gasteiger partial charge is 0.103 e. The molecule has 0 N–H and O–H groups in total. The molecule has 0 aromatic heterocycles. The van der Waals surface area contributed by atoms with Crippen LogP contribution in [0.15, 0.2) is 24.8 Å². The molecule has 0 bridgehead atoms. The van der Waals surface area contributed by atoms with Crippen LogP contribution in [0.2, 0.25) is 0 Å². The van der Waals surface area contributed by atoms with Crippen LogP contribution in [0.5, 0.6) is 0 Å². The van der Waals surface area contributed by atoms with Crippen LogP contribution in [0, 0.1) is 11.8 Å². The first-order valence-corrected chi connectivity index (χ1v) is 4.83. The third-order valence-corrected chi connectivity index (χ3v) is 2.47. The SMILES string of the molecule is C=CCCC(C)C(C)CC(=C)C. The van der Waals surface area contributed by atoms with Gasteiger partial charge in [-0.25, -0.2) is 0 Å². The van der Waals surface area contributed by atoms with E-state index >= 15 is 0 Å². The van der Waals surface area contributed by atoms with Crippen molar-refractivity contribution in [2.24, 2.45) is 11.8 Å². The molecule has 0 spiro atoms. The molecular formula is C12H22. The lowest BCUT2D eigenvalue weighted by atomic mass is 9.87. The second-order valence-corrected chi connectivity index (χ2v) is 3.98. The quantitative estimate of drug-likeness (QED) is 0.519. The highest BCUT2D eigenvalue weighted by Crippen LogP contribution is 2.22. The van der Waals surface area contributed by atoms with Crippen LogP contribution in [-0.2, 0) is 0 Å². The molecule has 0 heterocycles. The van der Waals surface area contributed by atoms with E-state index in [4.69, 9.17) is 0 Å². The summed E-state index contributed by atoms with van der Waals surface area (Å²) in [7, 11) is 0. The fourth-order valence-corrected chi connectivity index (χ4v) is 1.42. The van der Waals surface area contributed by atoms with Crippen molar-refractivity contribution in [3.63, 3.8) is 0 Å². The number of hydrogen-bond donors (Lipinski definition) is 0. The van der Waals surface area contributed by atoms with E-state index in [1.54, 1.807) is 0 Å². The molecule has 0 nitrogen and oxygen atoms in total. The van der Waals surface area contributed by atoms with E-state index in [0.29, 0.717) is 0 Å². The van der Waals surface area contributed by atoms with Gasteiger partial charge >= 0.3 is 0 Å². The molecule has 2 unspecified atom stereocenters. The highest BCUT2D eigenvalue weighted by molar-refractivity contribution is 4.90. The molecule has 0 rings (SSSR count). The number of rotatable bonds is 6. The minimum absolute atomic E-state index is 0.766. The van der Waals surface area contributed by atoms with Gasteiger partial charge in [0.25, 0.3) is 0 Å². The standard InChI is InChI=1S/C12H22/c1-6-7-8-11(4)12(5)9-10(2)3/h6,11-12H,1-2,7-9H2,3-5H3. The molecular weight excluding hydrogens is 144 g/mol. The van der Waals surface area contributed by atoms with Crippen molar-refractivity contribution < 1.29 is 0 Å². The summed E-state index contributed by atoms with van der Waals surface area (Å²) in [6.07, 6.45) is 5.57. The van der Waals surface area contributed by atoms with Crippen molar-refractivity contribution in [1.29, 1.82) is 0 Å². The molecule has 0 fully saturated rings. The summed E-state index contributed by atoms with van der Waals surface area (Å²) in [5, 5.41) is 0. The normalized spacial score (nSPS) is 15.2. The smallest absolute Gasteiger partial charge is 0.0297 e. The fourth-order valence-electron chi connectivity index (χ4n) is 1.42. The molecule has 0 amide bonds. The minimum atomic E-state index is 0.766. The predicted octanol–water partition coefficient (Wildman–Crippen LogP) is 4.19. The van der Waals surface area contributed by atoms with E-state index in [-0.39, 0.29) is 0 Å². The molecule has 0 aromatic rings. The van der Waals surface area contributed by atoms with Crippen LogP contribution in [0.4, 0.5) is 0 Å². The lowest BCUT2D eigenvalue weighted by molar-refractivity contribution is 0.364. The zero-order valence-corrected chi connectivity index (χ0v) is 8.77. The van der Waals surface area contributed by atoms with Crippen molar-refractivity contribution in [2.75, 3.05) is 0 Å². The van der Waals surface area contributed by atoms with Crippen LogP contribution in [0.25, 0.3) is 0 Å². The van der Waals surface area contributed by atoms with Crippen molar-refractivity contribution in [3.8, 4) is 0 Å². The molecule has 0 saturated heterocycles. The lowest BCUT2D eigenvalue weighted by Crippen LogP contribution is -2.07. The average Bonchev–Trinajstić information content (AvgIpc) is 1.98. The van der Waals surface area contributed by atoms with Crippen LogP contribution < -0.4 is 0 Å². The van der Waals surface area contributed by atoms with Crippen LogP contribution in [0.1, 0.15) is 40.0 Å². The van der Waals surface area contributed by atoms with Gasteiger partial charge in [-0.2, -0.15) is 0 Å². The monoisotopic (exact) mass is 166 g/mol. The first-order chi connectivity index (χ1) is 5.57. The summed E-state index contributed by atoms with van der Waals surface area (Å²) in [5.41, 5.74) is 1.30. The first-order valence-electron chi connectivity index (χ1n) is 4.83. The molecule has 0 radical (unpaired) electrons. The van der Waals surface area contributed by atoms with E-state index in [9.17, 15) is 0 Å². The zero-order chi connectivity index (χ0) is 9.56. The zero-order valence-electron chi connectivity index (χ0n) is 8.77. The van der Waals surface area contributed by atoms with Crippen LogP contribution >= 0.6 is 0 Å². The van der Waals surface area contributed by atoms with Gasteiger partial charge in [-0.15, -0.1) is 13.2 Å². The highest BCUT2D eigenvalue weighted by atomic mass is 14.2. The van der Waals surface area contributed by atoms with E-state index in [2.05, 4.69) is 33.9 Å². The summed E-state index contributed by atoms with van der Waals surface area (Å²) < 4.78 is 0. The Kier molecular flexibility index (Phi) is 5.79. The van der Waals surface area contributed by atoms with E-state index in [1.165, 1.54) is 12.0 Å². The van der Waals surface area contributed by atoms with Gasteiger partial charge in [0.2, 0.25) is 0 Å². The van der Waals surface area contributed by atoms with Gasteiger partial charge in [0.05, 0.1) is 0 Å². The second kappa shape index (κ2) is 6.05. The highest BCUT2D eigenvalue weighted by Gasteiger charge is 2.10. The summed E-state index contributed by atoms with van der Waals surface area (Å²) >= 11 is 0. The van der Waals surface area contributed by atoms with Gasteiger partial charge in [-0.3, -0.25) is 0 Å². The van der Waals surface area contributed by atoms with Crippen molar-refractivity contribution in [2.45, 2.75) is 40.0 Å². The Balaban J connectivity index is 3.67. The van der Waals surface area contributed by atoms with E-state index in [0.717, 1.165) is 24.7 Å². The molecule has 0 aliphatic carbocycles. The van der Waals surface area contributed by atoms with Crippen LogP contribution in [0.3, 0.4) is 0 Å². The van der Waals surface area contributed by atoms with Crippen LogP contribution in [-0.4, -0.2) is 0 Å². The Labute approximate surface area is 77.4 Å². The van der Waals surface area contributed by atoms with Gasteiger partial charge in [0.1, 0.15) is 0 Å². The van der Waals surface area contributed by atoms with E-state index in [1.807, 2.05) is 6.08 Å². The predicted molar refractivity (Wildman–Crippen MR) is 57.2 cm³/mol. The third kappa shape index (κ3) is 5.17. The Morgan fingerprint density at radius 3 is 2.33 bits per heavy atom. The van der Waals surface area contributed by atoms with Gasteiger partial charge in [-0.05, 0) is 38.0 Å². The van der Waals surface area contributed by atoms with Gasteiger partial charge in [0.15, 0.2) is 0 Å². The fraction of sp³-hybridized carbons (Fsp3) is 0.667. The Bertz CT molecular complexity index is 144. The molecule has 0 heteroatoms. The summed E-state index contributed by atoms with van der Waals surface area (Å²) in [4.78, 5) is 0. The average molecular weight is 166 g/mol. The minimum Gasteiger partial charge on any atom is -0.103 e. The molecule has 12 heavy (non-hydrogen) atoms. The molecule has 70 valence electrons.